The van der Waals surface area contributed by atoms with E-state index < -0.39 is 0 Å². The Morgan fingerprint density at radius 3 is 2.59 bits per heavy atom. The molecule has 0 bridgehead atoms. The molecule has 1 heterocycles. The molecule has 2 atom stereocenters. The van der Waals surface area contributed by atoms with Gasteiger partial charge in [-0.25, -0.2) is 0 Å². The minimum absolute atomic E-state index is 0.515. The lowest BCUT2D eigenvalue weighted by atomic mass is 9.85. The molecule has 2 aliphatic carbocycles. The topological polar surface area (TPSA) is 51.0 Å². The van der Waals surface area contributed by atoms with Crippen LogP contribution in [0.5, 0.6) is 0 Å². The minimum atomic E-state index is 0.515. The molecule has 2 saturated carbocycles. The molecule has 0 spiro atoms. The molecule has 4 rings (SSSR count). The van der Waals surface area contributed by atoms with Crippen LogP contribution in [0.1, 0.15) is 67.7 Å². The summed E-state index contributed by atoms with van der Waals surface area (Å²) >= 11 is 0. The highest BCUT2D eigenvalue weighted by Gasteiger charge is 2.29. The van der Waals surface area contributed by atoms with Crippen molar-refractivity contribution >= 4 is 0 Å². The third kappa shape index (κ3) is 2.80. The molecule has 2 unspecified atom stereocenters. The molecule has 1 N–H and O–H groups in total. The van der Waals surface area contributed by atoms with Gasteiger partial charge in [-0.05, 0) is 37.2 Å². The zero-order chi connectivity index (χ0) is 14.8. The van der Waals surface area contributed by atoms with Crippen molar-refractivity contribution < 1.29 is 4.42 Å². The molecule has 2 aromatic rings. The van der Waals surface area contributed by atoms with E-state index in [0.717, 1.165) is 11.8 Å². The van der Waals surface area contributed by atoms with Crippen molar-refractivity contribution in [2.45, 2.75) is 62.9 Å². The first-order valence-electron chi connectivity index (χ1n) is 8.51. The van der Waals surface area contributed by atoms with Crippen molar-refractivity contribution in [1.82, 2.24) is 15.5 Å². The van der Waals surface area contributed by atoms with Gasteiger partial charge in [0.1, 0.15) is 0 Å². The van der Waals surface area contributed by atoms with Gasteiger partial charge in [0.25, 0.3) is 0 Å². The van der Waals surface area contributed by atoms with E-state index in [0.29, 0.717) is 24.4 Å². The van der Waals surface area contributed by atoms with Crippen molar-refractivity contribution in [2.75, 3.05) is 0 Å². The molecular formula is C18H23N3O. The van der Waals surface area contributed by atoms with Crippen LogP contribution < -0.4 is 5.32 Å². The molecule has 2 fully saturated rings. The fourth-order valence-corrected chi connectivity index (χ4v) is 3.68. The third-order valence-electron chi connectivity index (χ3n) is 5.20. The van der Waals surface area contributed by atoms with Gasteiger partial charge in [-0.15, -0.1) is 10.2 Å². The molecule has 0 amide bonds. The zero-order valence-electron chi connectivity index (χ0n) is 12.9. The van der Waals surface area contributed by atoms with Crippen LogP contribution in [-0.2, 0) is 6.54 Å². The lowest BCUT2D eigenvalue weighted by Gasteiger charge is -2.21. The van der Waals surface area contributed by atoms with Gasteiger partial charge in [-0.1, -0.05) is 43.2 Å². The third-order valence-corrected chi connectivity index (χ3v) is 5.20. The van der Waals surface area contributed by atoms with E-state index in [2.05, 4.69) is 45.8 Å². The van der Waals surface area contributed by atoms with Gasteiger partial charge < -0.3 is 9.73 Å². The van der Waals surface area contributed by atoms with Crippen molar-refractivity contribution in [3.05, 3.63) is 47.7 Å². The molecule has 4 heteroatoms. The SMILES string of the molecule is c1ccc(C2CCCC2NCc2nnc(C3CCC3)o2)cc1. The predicted octanol–water partition coefficient (Wildman–Crippen LogP) is 3.76. The predicted molar refractivity (Wildman–Crippen MR) is 84.6 cm³/mol. The van der Waals surface area contributed by atoms with Crippen LogP contribution in [0, 0.1) is 0 Å². The molecule has 0 aliphatic heterocycles. The number of nitrogens with zero attached hydrogens (tertiary/aromatic N) is 2. The summed E-state index contributed by atoms with van der Waals surface area (Å²) in [4.78, 5) is 0. The maximum atomic E-state index is 5.80. The lowest BCUT2D eigenvalue weighted by molar-refractivity contribution is 0.318. The molecule has 2 aliphatic rings. The highest BCUT2D eigenvalue weighted by atomic mass is 16.4. The zero-order valence-corrected chi connectivity index (χ0v) is 12.9. The first kappa shape index (κ1) is 13.9. The van der Waals surface area contributed by atoms with E-state index in [4.69, 9.17) is 4.42 Å². The van der Waals surface area contributed by atoms with Crippen LogP contribution in [0.2, 0.25) is 0 Å². The molecule has 4 nitrogen and oxygen atoms in total. The van der Waals surface area contributed by atoms with Gasteiger partial charge in [-0.3, -0.25) is 0 Å². The van der Waals surface area contributed by atoms with Crippen molar-refractivity contribution in [3.8, 4) is 0 Å². The fourth-order valence-electron chi connectivity index (χ4n) is 3.68. The summed E-state index contributed by atoms with van der Waals surface area (Å²) in [5, 5.41) is 12.0. The summed E-state index contributed by atoms with van der Waals surface area (Å²) in [5.41, 5.74) is 1.44. The van der Waals surface area contributed by atoms with Gasteiger partial charge in [0.05, 0.1) is 6.54 Å². The number of rotatable bonds is 5. The average molecular weight is 297 g/mol. The Morgan fingerprint density at radius 1 is 1.00 bits per heavy atom. The number of hydrogen-bond acceptors (Lipinski definition) is 4. The van der Waals surface area contributed by atoms with E-state index in [1.165, 1.54) is 44.1 Å². The second kappa shape index (κ2) is 6.21. The van der Waals surface area contributed by atoms with Gasteiger partial charge in [-0.2, -0.15) is 0 Å². The van der Waals surface area contributed by atoms with E-state index in [-0.39, 0.29) is 0 Å². The Bertz CT molecular complexity index is 606. The maximum Gasteiger partial charge on any atom is 0.230 e. The van der Waals surface area contributed by atoms with Crippen LogP contribution in [-0.4, -0.2) is 16.2 Å². The molecule has 116 valence electrons. The second-order valence-corrected chi connectivity index (χ2v) is 6.60. The standard InChI is InChI=1S/C18H23N3O/c1-2-6-13(7-3-1)15-10-5-11-16(15)19-12-17-20-21-18(22-17)14-8-4-9-14/h1-3,6-7,14-16,19H,4-5,8-12H2. The van der Waals surface area contributed by atoms with Gasteiger partial charge in [0.2, 0.25) is 11.8 Å². The summed E-state index contributed by atoms with van der Waals surface area (Å²) in [6.45, 7) is 0.688. The van der Waals surface area contributed by atoms with Crippen LogP contribution >= 0.6 is 0 Å². The van der Waals surface area contributed by atoms with Crippen molar-refractivity contribution in [2.24, 2.45) is 0 Å². The molecular weight excluding hydrogens is 274 g/mol. The number of hydrogen-bond donors (Lipinski definition) is 1. The van der Waals surface area contributed by atoms with Gasteiger partial charge in [0.15, 0.2) is 0 Å². The Morgan fingerprint density at radius 2 is 1.82 bits per heavy atom. The van der Waals surface area contributed by atoms with Gasteiger partial charge in [0, 0.05) is 12.0 Å². The Labute approximate surface area is 131 Å². The highest BCUT2D eigenvalue weighted by molar-refractivity contribution is 5.22. The summed E-state index contributed by atoms with van der Waals surface area (Å²) in [7, 11) is 0. The average Bonchev–Trinajstić information content (AvgIpc) is 3.13. The van der Waals surface area contributed by atoms with E-state index >= 15 is 0 Å². The number of aromatic nitrogens is 2. The summed E-state index contributed by atoms with van der Waals surface area (Å²) < 4.78 is 5.80. The Balaban J connectivity index is 1.37. The molecule has 22 heavy (non-hydrogen) atoms. The normalized spacial score (nSPS) is 25.3. The summed E-state index contributed by atoms with van der Waals surface area (Å²) in [5.74, 6) is 2.70. The van der Waals surface area contributed by atoms with Crippen LogP contribution in [0.3, 0.4) is 0 Å². The maximum absolute atomic E-state index is 5.80. The smallest absolute Gasteiger partial charge is 0.230 e. The number of nitrogens with one attached hydrogen (secondary N) is 1. The molecule has 0 saturated heterocycles. The number of benzene rings is 1. The first-order chi connectivity index (χ1) is 10.9. The lowest BCUT2D eigenvalue weighted by Crippen LogP contribution is -2.30. The van der Waals surface area contributed by atoms with Crippen LogP contribution in [0.15, 0.2) is 34.7 Å². The summed E-state index contributed by atoms with van der Waals surface area (Å²) in [6.07, 6.45) is 7.47. The van der Waals surface area contributed by atoms with Crippen molar-refractivity contribution in [3.63, 3.8) is 0 Å². The van der Waals surface area contributed by atoms with E-state index in [1.807, 2.05) is 0 Å². The van der Waals surface area contributed by atoms with Crippen LogP contribution in [0.4, 0.5) is 0 Å². The monoisotopic (exact) mass is 297 g/mol. The minimum Gasteiger partial charge on any atom is -0.424 e. The first-order valence-corrected chi connectivity index (χ1v) is 8.51. The highest BCUT2D eigenvalue weighted by Crippen LogP contribution is 2.36. The quantitative estimate of drug-likeness (QED) is 0.913. The Kier molecular flexibility index (Phi) is 3.94. The second-order valence-electron chi connectivity index (χ2n) is 6.60. The largest absolute Gasteiger partial charge is 0.424 e. The summed E-state index contributed by atoms with van der Waals surface area (Å²) in [6, 6.07) is 11.3. The molecule has 1 aromatic heterocycles. The fraction of sp³-hybridized carbons (Fsp3) is 0.556. The van der Waals surface area contributed by atoms with Crippen molar-refractivity contribution in [1.29, 1.82) is 0 Å². The molecule has 0 radical (unpaired) electrons. The Hall–Kier alpha value is -1.68. The van der Waals surface area contributed by atoms with Crippen LogP contribution in [0.25, 0.3) is 0 Å². The van der Waals surface area contributed by atoms with E-state index in [1.54, 1.807) is 0 Å². The van der Waals surface area contributed by atoms with Gasteiger partial charge >= 0.3 is 0 Å². The van der Waals surface area contributed by atoms with E-state index in [9.17, 15) is 0 Å². The molecule has 1 aromatic carbocycles.